The van der Waals surface area contributed by atoms with Crippen molar-refractivity contribution in [2.75, 3.05) is 59.5 Å². The highest BCUT2D eigenvalue weighted by molar-refractivity contribution is 6.26. The van der Waals surface area contributed by atoms with Gasteiger partial charge in [0, 0.05) is 6.61 Å². The van der Waals surface area contributed by atoms with Crippen LogP contribution in [0.4, 0.5) is 0 Å². The van der Waals surface area contributed by atoms with E-state index in [0.29, 0.717) is 62.6 Å². The van der Waals surface area contributed by atoms with Crippen molar-refractivity contribution < 1.29 is 23.4 Å². The number of hydrogen-bond acceptors (Lipinski definition) is 5. The first kappa shape index (κ1) is 26.0. The number of rotatable bonds is 23. The van der Waals surface area contributed by atoms with Crippen molar-refractivity contribution in [1.82, 2.24) is 0 Å². The summed E-state index contributed by atoms with van der Waals surface area (Å²) in [6.45, 7) is 10.4. The molecule has 0 aromatic carbocycles. The zero-order valence-corrected chi connectivity index (χ0v) is 18.3. The fraction of sp³-hybridized carbons (Fsp3) is 1.00. The van der Waals surface area contributed by atoms with E-state index in [4.69, 9.17) is 23.4 Å². The molecule has 0 bridgehead atoms. The van der Waals surface area contributed by atoms with Crippen molar-refractivity contribution >= 4 is 9.76 Å². The molecule has 0 N–H and O–H groups in total. The predicted octanol–water partition coefficient (Wildman–Crippen LogP) is 4.27. The number of unbranched alkanes of at least 4 members (excludes halogenated alkanes) is 6. The Morgan fingerprint density at radius 3 is 1.50 bits per heavy atom. The molecule has 0 saturated carbocycles. The quantitative estimate of drug-likeness (QED) is 0.193. The molecule has 0 fully saturated rings. The van der Waals surface area contributed by atoms with Crippen molar-refractivity contribution in [1.29, 1.82) is 0 Å². The molecule has 5 nitrogen and oxygen atoms in total. The molecular weight excluding hydrogens is 348 g/mol. The van der Waals surface area contributed by atoms with Crippen molar-refractivity contribution in [2.24, 2.45) is 0 Å². The van der Waals surface area contributed by atoms with Crippen molar-refractivity contribution in [3.8, 4) is 0 Å². The van der Waals surface area contributed by atoms with Gasteiger partial charge in [-0.3, -0.25) is 0 Å². The van der Waals surface area contributed by atoms with Gasteiger partial charge < -0.3 is 23.4 Å². The fourth-order valence-corrected chi connectivity index (χ4v) is 3.11. The predicted molar refractivity (Wildman–Crippen MR) is 108 cm³/mol. The van der Waals surface area contributed by atoms with Crippen LogP contribution >= 0.6 is 0 Å². The summed E-state index contributed by atoms with van der Waals surface area (Å²) in [4.78, 5) is 0. The largest absolute Gasteiger partial charge is 0.415 e. The van der Waals surface area contributed by atoms with Gasteiger partial charge in [0.2, 0.25) is 9.76 Å². The Hall–Kier alpha value is 0.0169. The van der Waals surface area contributed by atoms with Gasteiger partial charge in [-0.2, -0.15) is 0 Å². The third kappa shape index (κ3) is 24.0. The Kier molecular flexibility index (Phi) is 25.0. The van der Waals surface area contributed by atoms with Gasteiger partial charge in [-0.05, 0) is 12.5 Å². The number of ether oxygens (including phenoxy) is 4. The smallest absolute Gasteiger partial charge is 0.229 e. The Balaban J connectivity index is 2.95. The molecule has 0 heterocycles. The van der Waals surface area contributed by atoms with Crippen LogP contribution in [-0.4, -0.2) is 69.2 Å². The average Bonchev–Trinajstić information content (AvgIpc) is 2.66. The summed E-state index contributed by atoms with van der Waals surface area (Å²) in [6, 6.07) is 1.17. The van der Waals surface area contributed by atoms with Crippen LogP contribution in [0.15, 0.2) is 0 Å². The maximum Gasteiger partial charge on any atom is 0.229 e. The molecule has 2 radical (unpaired) electrons. The minimum atomic E-state index is 0.607. The van der Waals surface area contributed by atoms with Crippen LogP contribution in [0.1, 0.15) is 65.2 Å². The molecule has 0 aromatic heterocycles. The molecule has 0 aliphatic rings. The topological polar surface area (TPSA) is 46.2 Å². The summed E-state index contributed by atoms with van der Waals surface area (Å²) in [5.41, 5.74) is 0. The molecule has 156 valence electrons. The second-order valence-corrected chi connectivity index (χ2v) is 7.39. The van der Waals surface area contributed by atoms with E-state index in [0.717, 1.165) is 13.0 Å². The molecule has 0 aliphatic heterocycles. The minimum absolute atomic E-state index is 0.607. The van der Waals surface area contributed by atoms with Crippen LogP contribution in [0.3, 0.4) is 0 Å². The van der Waals surface area contributed by atoms with Crippen molar-refractivity contribution in [2.45, 2.75) is 71.3 Å². The van der Waals surface area contributed by atoms with E-state index in [1.807, 2.05) is 0 Å². The molecule has 0 rings (SSSR count). The van der Waals surface area contributed by atoms with Gasteiger partial charge >= 0.3 is 0 Å². The standard InChI is InChI=1S/C20H42O5Si/c1-3-5-7-8-9-10-11-21-12-13-22-14-15-23-16-17-24-18-19-25-26-20-6-4-2/h3-20H2,1-2H3. The van der Waals surface area contributed by atoms with Crippen LogP contribution in [0.5, 0.6) is 0 Å². The second-order valence-electron chi connectivity index (χ2n) is 6.31. The summed E-state index contributed by atoms with van der Waals surface area (Å²) in [5, 5.41) is 0. The van der Waals surface area contributed by atoms with Gasteiger partial charge in [-0.25, -0.2) is 0 Å². The lowest BCUT2D eigenvalue weighted by molar-refractivity contribution is -0.00481. The SMILES string of the molecule is CCCCCCCCOCCOCCOCCOCCO[Si]CCCC. The summed E-state index contributed by atoms with van der Waals surface area (Å²) in [7, 11) is 0.612. The highest BCUT2D eigenvalue weighted by atomic mass is 28.2. The van der Waals surface area contributed by atoms with Crippen LogP contribution in [0, 0.1) is 0 Å². The van der Waals surface area contributed by atoms with E-state index in [1.54, 1.807) is 0 Å². The Morgan fingerprint density at radius 2 is 0.923 bits per heavy atom. The van der Waals surface area contributed by atoms with Crippen molar-refractivity contribution in [3.05, 3.63) is 0 Å². The molecule has 0 unspecified atom stereocenters. The fourth-order valence-electron chi connectivity index (χ4n) is 2.24. The van der Waals surface area contributed by atoms with E-state index in [9.17, 15) is 0 Å². The maximum atomic E-state index is 5.56. The Labute approximate surface area is 164 Å². The summed E-state index contributed by atoms with van der Waals surface area (Å²) < 4.78 is 27.4. The molecule has 0 atom stereocenters. The van der Waals surface area contributed by atoms with Gasteiger partial charge in [0.25, 0.3) is 0 Å². The lowest BCUT2D eigenvalue weighted by Gasteiger charge is -2.08. The normalized spacial score (nSPS) is 11.3. The molecular formula is C20H42O5Si. The Morgan fingerprint density at radius 1 is 0.462 bits per heavy atom. The van der Waals surface area contributed by atoms with E-state index in [2.05, 4.69) is 13.8 Å². The van der Waals surface area contributed by atoms with E-state index in [-0.39, 0.29) is 0 Å². The summed E-state index contributed by atoms with van der Waals surface area (Å²) in [5.74, 6) is 0. The van der Waals surface area contributed by atoms with Crippen LogP contribution in [0.25, 0.3) is 0 Å². The second kappa shape index (κ2) is 25.0. The molecule has 0 aromatic rings. The highest BCUT2D eigenvalue weighted by Crippen LogP contribution is 2.04. The van der Waals surface area contributed by atoms with Crippen molar-refractivity contribution in [3.63, 3.8) is 0 Å². The first-order valence-electron chi connectivity index (χ1n) is 10.6. The molecule has 0 aliphatic carbocycles. The first-order chi connectivity index (χ1) is 12.9. The molecule has 0 amide bonds. The summed E-state index contributed by atoms with van der Waals surface area (Å²) in [6.07, 6.45) is 10.3. The van der Waals surface area contributed by atoms with Gasteiger partial charge in [-0.15, -0.1) is 0 Å². The van der Waals surface area contributed by atoms with Crippen LogP contribution in [0.2, 0.25) is 6.04 Å². The number of hydrogen-bond donors (Lipinski definition) is 0. The average molecular weight is 391 g/mol. The van der Waals surface area contributed by atoms with E-state index >= 15 is 0 Å². The van der Waals surface area contributed by atoms with E-state index < -0.39 is 0 Å². The lowest BCUT2D eigenvalue weighted by atomic mass is 10.1. The zero-order valence-electron chi connectivity index (χ0n) is 17.3. The molecule has 0 saturated heterocycles. The monoisotopic (exact) mass is 390 g/mol. The highest BCUT2D eigenvalue weighted by Gasteiger charge is 1.95. The van der Waals surface area contributed by atoms with E-state index in [1.165, 1.54) is 51.0 Å². The molecule has 6 heteroatoms. The van der Waals surface area contributed by atoms with Gasteiger partial charge in [0.15, 0.2) is 0 Å². The third-order valence-electron chi connectivity index (χ3n) is 3.82. The van der Waals surface area contributed by atoms with Crippen LogP contribution in [-0.2, 0) is 23.4 Å². The zero-order chi connectivity index (χ0) is 19.0. The summed E-state index contributed by atoms with van der Waals surface area (Å²) >= 11 is 0. The van der Waals surface area contributed by atoms with Gasteiger partial charge in [-0.1, -0.05) is 58.8 Å². The van der Waals surface area contributed by atoms with Crippen LogP contribution < -0.4 is 0 Å². The molecule has 26 heavy (non-hydrogen) atoms. The van der Waals surface area contributed by atoms with Gasteiger partial charge in [0.05, 0.1) is 52.9 Å². The third-order valence-corrected chi connectivity index (χ3v) is 4.79. The lowest BCUT2D eigenvalue weighted by Crippen LogP contribution is -2.13. The maximum absolute atomic E-state index is 5.56. The van der Waals surface area contributed by atoms with Gasteiger partial charge in [0.1, 0.15) is 0 Å². The first-order valence-corrected chi connectivity index (χ1v) is 11.7. The molecule has 0 spiro atoms. The minimum Gasteiger partial charge on any atom is -0.415 e. The Bertz CT molecular complexity index is 220.